The van der Waals surface area contributed by atoms with Crippen LogP contribution in [0, 0.1) is 0 Å². The summed E-state index contributed by atoms with van der Waals surface area (Å²) in [4.78, 5) is 16.4. The summed E-state index contributed by atoms with van der Waals surface area (Å²) < 4.78 is 3.41. The first kappa shape index (κ1) is 9.15. The Kier molecular flexibility index (Phi) is 1.68. The van der Waals surface area contributed by atoms with Gasteiger partial charge in [-0.3, -0.25) is 19.1 Å². The van der Waals surface area contributed by atoms with Crippen LogP contribution in [0.1, 0.15) is 0 Å². The molecule has 0 amide bonds. The maximum Gasteiger partial charge on any atom is 0.275 e. The molecule has 2 heterocycles. The van der Waals surface area contributed by atoms with Gasteiger partial charge in [-0.25, -0.2) is 0 Å². The highest BCUT2D eigenvalue weighted by molar-refractivity contribution is 6.03. The molecule has 0 aliphatic carbocycles. The van der Waals surface area contributed by atoms with Gasteiger partial charge in [-0.05, 0) is 6.07 Å². The van der Waals surface area contributed by atoms with Gasteiger partial charge in [0.25, 0.3) is 5.56 Å². The van der Waals surface area contributed by atoms with Gasteiger partial charge in [-0.1, -0.05) is 18.2 Å². The van der Waals surface area contributed by atoms with E-state index in [4.69, 9.17) is 0 Å². The van der Waals surface area contributed by atoms with Crippen LogP contribution in [0.25, 0.3) is 21.8 Å². The molecule has 0 aliphatic rings. The predicted molar refractivity (Wildman–Crippen MR) is 63.5 cm³/mol. The minimum atomic E-state index is 0.0242. The molecule has 4 heteroatoms. The summed E-state index contributed by atoms with van der Waals surface area (Å²) in [6.45, 7) is 0. The quantitative estimate of drug-likeness (QED) is 0.566. The van der Waals surface area contributed by atoms with Gasteiger partial charge >= 0.3 is 0 Å². The Bertz CT molecular complexity index is 752. The van der Waals surface area contributed by atoms with Crippen LogP contribution in [0.3, 0.4) is 0 Å². The van der Waals surface area contributed by atoms with Gasteiger partial charge in [0.15, 0.2) is 0 Å². The minimum Gasteiger partial charge on any atom is -0.284 e. The molecule has 0 bridgehead atoms. The predicted octanol–water partition coefficient (Wildman–Crippen LogP) is 1.43. The van der Waals surface area contributed by atoms with Gasteiger partial charge < -0.3 is 0 Å². The molecule has 0 aliphatic heterocycles. The fraction of sp³-hybridized carbons (Fsp3) is 0.167. The number of rotatable bonds is 0. The first-order valence-corrected chi connectivity index (χ1v) is 5.09. The van der Waals surface area contributed by atoms with E-state index in [-0.39, 0.29) is 5.56 Å². The van der Waals surface area contributed by atoms with E-state index in [1.54, 1.807) is 17.9 Å². The monoisotopic (exact) mass is 213 g/mol. The highest BCUT2D eigenvalue weighted by atomic mass is 16.1. The van der Waals surface area contributed by atoms with Gasteiger partial charge in [0.05, 0.1) is 22.6 Å². The van der Waals surface area contributed by atoms with Crippen molar-refractivity contribution in [2.24, 2.45) is 14.1 Å². The van der Waals surface area contributed by atoms with Crippen LogP contribution in [-0.2, 0) is 14.1 Å². The second-order valence-corrected chi connectivity index (χ2v) is 3.89. The SMILES string of the molecule is Cn1c(=O)c2c3ccccc3ncc2n1C. The fourth-order valence-corrected chi connectivity index (χ4v) is 2.06. The van der Waals surface area contributed by atoms with E-state index in [0.717, 1.165) is 21.8 Å². The third-order valence-corrected chi connectivity index (χ3v) is 3.06. The van der Waals surface area contributed by atoms with Crippen LogP contribution in [0.5, 0.6) is 0 Å². The van der Waals surface area contributed by atoms with E-state index in [1.165, 1.54) is 0 Å². The van der Waals surface area contributed by atoms with Crippen molar-refractivity contribution in [3.63, 3.8) is 0 Å². The highest BCUT2D eigenvalue weighted by Crippen LogP contribution is 2.19. The lowest BCUT2D eigenvalue weighted by Crippen LogP contribution is -2.16. The van der Waals surface area contributed by atoms with Crippen molar-refractivity contribution in [3.8, 4) is 0 Å². The molecule has 1 aromatic carbocycles. The maximum absolute atomic E-state index is 12.1. The standard InChI is InChI=1S/C12H11N3O/c1-14-10-7-13-9-6-4-3-5-8(9)11(10)12(16)15(14)2/h3-7H,1-2H3. The Morgan fingerprint density at radius 3 is 2.69 bits per heavy atom. The molecule has 0 saturated carbocycles. The summed E-state index contributed by atoms with van der Waals surface area (Å²) >= 11 is 0. The molecule has 0 N–H and O–H groups in total. The molecule has 16 heavy (non-hydrogen) atoms. The summed E-state index contributed by atoms with van der Waals surface area (Å²) in [5.41, 5.74) is 1.75. The lowest BCUT2D eigenvalue weighted by atomic mass is 10.1. The van der Waals surface area contributed by atoms with Crippen molar-refractivity contribution >= 4 is 21.8 Å². The summed E-state index contributed by atoms with van der Waals surface area (Å²) in [5.74, 6) is 0. The van der Waals surface area contributed by atoms with E-state index in [9.17, 15) is 4.79 Å². The third-order valence-electron chi connectivity index (χ3n) is 3.06. The minimum absolute atomic E-state index is 0.0242. The van der Waals surface area contributed by atoms with Gasteiger partial charge in [-0.2, -0.15) is 0 Å². The number of aryl methyl sites for hydroxylation is 1. The molecular formula is C12H11N3O. The number of hydrogen-bond donors (Lipinski definition) is 0. The molecule has 0 spiro atoms. The number of benzene rings is 1. The van der Waals surface area contributed by atoms with Gasteiger partial charge in [0.2, 0.25) is 0 Å². The van der Waals surface area contributed by atoms with Crippen molar-refractivity contribution in [1.82, 2.24) is 14.3 Å². The third kappa shape index (κ3) is 0.984. The fourth-order valence-electron chi connectivity index (χ4n) is 2.06. The first-order valence-electron chi connectivity index (χ1n) is 5.09. The van der Waals surface area contributed by atoms with Crippen LogP contribution in [0.4, 0.5) is 0 Å². The normalized spacial score (nSPS) is 11.4. The Labute approximate surface area is 91.7 Å². The van der Waals surface area contributed by atoms with E-state index in [1.807, 2.05) is 36.0 Å². The van der Waals surface area contributed by atoms with E-state index < -0.39 is 0 Å². The molecular weight excluding hydrogens is 202 g/mol. The Morgan fingerprint density at radius 2 is 1.88 bits per heavy atom. The number of para-hydroxylation sites is 1. The maximum atomic E-state index is 12.1. The van der Waals surface area contributed by atoms with Crippen LogP contribution >= 0.6 is 0 Å². The highest BCUT2D eigenvalue weighted by Gasteiger charge is 2.11. The Hall–Kier alpha value is -2.10. The van der Waals surface area contributed by atoms with Crippen molar-refractivity contribution in [1.29, 1.82) is 0 Å². The molecule has 3 rings (SSSR count). The largest absolute Gasteiger partial charge is 0.284 e. The molecule has 0 atom stereocenters. The van der Waals surface area contributed by atoms with Gasteiger partial charge in [0, 0.05) is 19.5 Å². The Balaban J connectivity index is 2.71. The number of hydrogen-bond acceptors (Lipinski definition) is 2. The molecule has 4 nitrogen and oxygen atoms in total. The molecule has 0 unspecified atom stereocenters. The second-order valence-electron chi connectivity index (χ2n) is 3.89. The van der Waals surface area contributed by atoms with Crippen LogP contribution in [0.2, 0.25) is 0 Å². The molecule has 2 aromatic heterocycles. The molecule has 0 saturated heterocycles. The van der Waals surface area contributed by atoms with Crippen LogP contribution in [0.15, 0.2) is 35.3 Å². The number of aromatic nitrogens is 3. The zero-order chi connectivity index (χ0) is 11.3. The molecule has 0 radical (unpaired) electrons. The van der Waals surface area contributed by atoms with Gasteiger partial charge in [-0.15, -0.1) is 0 Å². The zero-order valence-corrected chi connectivity index (χ0v) is 9.14. The summed E-state index contributed by atoms with van der Waals surface area (Å²) in [7, 11) is 3.62. The van der Waals surface area contributed by atoms with E-state index in [0.29, 0.717) is 0 Å². The van der Waals surface area contributed by atoms with Gasteiger partial charge in [0.1, 0.15) is 0 Å². The van der Waals surface area contributed by atoms with Crippen molar-refractivity contribution < 1.29 is 0 Å². The zero-order valence-electron chi connectivity index (χ0n) is 9.14. The second kappa shape index (κ2) is 2.95. The van der Waals surface area contributed by atoms with Crippen molar-refractivity contribution in [3.05, 3.63) is 40.8 Å². The lowest BCUT2D eigenvalue weighted by Gasteiger charge is -2.00. The van der Waals surface area contributed by atoms with Crippen LogP contribution in [-0.4, -0.2) is 14.3 Å². The first-order chi connectivity index (χ1) is 7.70. The lowest BCUT2D eigenvalue weighted by molar-refractivity contribution is 0.595. The molecule has 0 fully saturated rings. The van der Waals surface area contributed by atoms with E-state index in [2.05, 4.69) is 4.98 Å². The molecule has 80 valence electrons. The average molecular weight is 213 g/mol. The number of pyridine rings is 1. The average Bonchev–Trinajstić information content (AvgIpc) is 2.55. The van der Waals surface area contributed by atoms with Crippen molar-refractivity contribution in [2.45, 2.75) is 0 Å². The number of fused-ring (bicyclic) bond motifs is 3. The molecule has 3 aromatic rings. The Morgan fingerprint density at radius 1 is 1.12 bits per heavy atom. The summed E-state index contributed by atoms with van der Waals surface area (Å²) in [6, 6.07) is 7.71. The summed E-state index contributed by atoms with van der Waals surface area (Å²) in [6.07, 6.45) is 1.75. The van der Waals surface area contributed by atoms with E-state index >= 15 is 0 Å². The topological polar surface area (TPSA) is 39.8 Å². The van der Waals surface area contributed by atoms with Crippen molar-refractivity contribution in [2.75, 3.05) is 0 Å². The van der Waals surface area contributed by atoms with Crippen LogP contribution < -0.4 is 5.56 Å². The summed E-state index contributed by atoms with van der Waals surface area (Å²) in [5, 5.41) is 1.66. The number of nitrogens with zero attached hydrogens (tertiary/aromatic N) is 3. The smallest absolute Gasteiger partial charge is 0.275 e.